The van der Waals surface area contributed by atoms with Crippen LogP contribution in [0, 0.1) is 0 Å². The Labute approximate surface area is 184 Å². The van der Waals surface area contributed by atoms with Crippen molar-refractivity contribution in [3.05, 3.63) is 11.6 Å². The summed E-state index contributed by atoms with van der Waals surface area (Å²) in [6, 6.07) is 0. The Bertz CT molecular complexity index is 667. The van der Waals surface area contributed by atoms with Crippen LogP contribution in [0.15, 0.2) is 4.99 Å². The fourth-order valence-electron chi connectivity index (χ4n) is 3.65. The number of fused-ring (bicyclic) bond motifs is 1. The van der Waals surface area contributed by atoms with Crippen molar-refractivity contribution in [1.82, 2.24) is 34.8 Å². The monoisotopic (exact) mass is 504 g/mol. The first-order valence-electron chi connectivity index (χ1n) is 9.87. The average Bonchev–Trinajstić information content (AvgIpc) is 3.10. The van der Waals surface area contributed by atoms with Crippen molar-refractivity contribution in [3.8, 4) is 0 Å². The molecule has 0 unspecified atom stereocenters. The van der Waals surface area contributed by atoms with Gasteiger partial charge in [0.1, 0.15) is 5.82 Å². The van der Waals surface area contributed by atoms with Gasteiger partial charge in [-0.1, -0.05) is 0 Å². The number of aromatic nitrogens is 3. The van der Waals surface area contributed by atoms with E-state index in [1.165, 1.54) is 12.8 Å². The van der Waals surface area contributed by atoms with Gasteiger partial charge in [0.05, 0.1) is 6.54 Å². The van der Waals surface area contributed by atoms with Crippen molar-refractivity contribution in [2.24, 2.45) is 4.99 Å². The van der Waals surface area contributed by atoms with E-state index < -0.39 is 0 Å². The van der Waals surface area contributed by atoms with Gasteiger partial charge in [-0.2, -0.15) is 0 Å². The molecule has 3 heterocycles. The van der Waals surface area contributed by atoms with Crippen LogP contribution in [0.1, 0.15) is 30.9 Å². The number of nitrogens with zero attached hydrogens (tertiary/aromatic N) is 7. The molecule has 0 bridgehead atoms. The molecule has 158 valence electrons. The summed E-state index contributed by atoms with van der Waals surface area (Å²) in [4.78, 5) is 22.5. The second kappa shape index (κ2) is 10.9. The molecule has 1 N–H and O–H groups in total. The maximum Gasteiger partial charge on any atom is 0.223 e. The fraction of sp³-hybridized carbons (Fsp3) is 0.778. The van der Waals surface area contributed by atoms with Gasteiger partial charge in [-0.25, -0.2) is 0 Å². The second-order valence-corrected chi connectivity index (χ2v) is 7.41. The van der Waals surface area contributed by atoms with Crippen LogP contribution in [0.2, 0.25) is 0 Å². The summed E-state index contributed by atoms with van der Waals surface area (Å²) >= 11 is 0. The summed E-state index contributed by atoms with van der Waals surface area (Å²) in [5.74, 6) is 3.19. The molecule has 28 heavy (non-hydrogen) atoms. The minimum atomic E-state index is 0. The van der Waals surface area contributed by atoms with E-state index in [2.05, 4.69) is 34.9 Å². The van der Waals surface area contributed by atoms with Crippen LogP contribution in [0.4, 0.5) is 0 Å². The molecule has 1 aromatic heterocycles. The molecule has 0 aliphatic carbocycles. The van der Waals surface area contributed by atoms with Crippen molar-refractivity contribution in [3.63, 3.8) is 0 Å². The summed E-state index contributed by atoms with van der Waals surface area (Å²) < 4.78 is 2.24. The molecule has 3 rings (SSSR count). The van der Waals surface area contributed by atoms with Crippen LogP contribution in [0.25, 0.3) is 0 Å². The largest absolute Gasteiger partial charge is 0.349 e. The first-order chi connectivity index (χ1) is 13.1. The van der Waals surface area contributed by atoms with Gasteiger partial charge in [-0.3, -0.25) is 14.7 Å². The molecule has 1 aromatic rings. The van der Waals surface area contributed by atoms with E-state index in [1.807, 2.05) is 21.1 Å². The van der Waals surface area contributed by atoms with E-state index in [0.717, 1.165) is 63.3 Å². The molecule has 10 heteroatoms. The minimum absolute atomic E-state index is 0. The van der Waals surface area contributed by atoms with Gasteiger partial charge >= 0.3 is 0 Å². The number of rotatable bonds is 5. The molecule has 0 aromatic carbocycles. The number of halogens is 1. The number of aliphatic imine (C=N–C) groups is 1. The van der Waals surface area contributed by atoms with E-state index in [0.29, 0.717) is 13.0 Å². The Morgan fingerprint density at radius 3 is 2.57 bits per heavy atom. The topological polar surface area (TPSA) is 81.9 Å². The van der Waals surface area contributed by atoms with Gasteiger partial charge in [-0.15, -0.1) is 34.2 Å². The van der Waals surface area contributed by atoms with Crippen molar-refractivity contribution in [2.45, 2.75) is 38.8 Å². The Kier molecular flexibility index (Phi) is 8.93. The quantitative estimate of drug-likeness (QED) is 0.356. The zero-order chi connectivity index (χ0) is 19.2. The number of guanidine groups is 1. The van der Waals surface area contributed by atoms with E-state index in [9.17, 15) is 4.79 Å². The minimum Gasteiger partial charge on any atom is -0.349 e. The number of piperazine rings is 1. The highest BCUT2D eigenvalue weighted by molar-refractivity contribution is 14.0. The highest BCUT2D eigenvalue weighted by Gasteiger charge is 2.21. The van der Waals surface area contributed by atoms with Crippen molar-refractivity contribution in [1.29, 1.82) is 0 Å². The van der Waals surface area contributed by atoms with Crippen LogP contribution in [0.3, 0.4) is 0 Å². The molecular formula is C18H33IN8O. The third kappa shape index (κ3) is 5.79. The summed E-state index contributed by atoms with van der Waals surface area (Å²) in [5.41, 5.74) is 0. The summed E-state index contributed by atoms with van der Waals surface area (Å²) in [5, 5.41) is 12.1. The van der Waals surface area contributed by atoms with Gasteiger partial charge in [0, 0.05) is 73.3 Å². The molecule has 1 saturated heterocycles. The predicted molar refractivity (Wildman–Crippen MR) is 120 cm³/mol. The molecular weight excluding hydrogens is 471 g/mol. The molecule has 0 spiro atoms. The van der Waals surface area contributed by atoms with Crippen molar-refractivity contribution < 1.29 is 4.79 Å². The summed E-state index contributed by atoms with van der Waals surface area (Å²) in [6.07, 6.45) is 4.01. The second-order valence-electron chi connectivity index (χ2n) is 7.41. The molecule has 1 fully saturated rings. The Hall–Kier alpha value is -1.43. The van der Waals surface area contributed by atoms with Gasteiger partial charge in [0.25, 0.3) is 0 Å². The van der Waals surface area contributed by atoms with Gasteiger partial charge < -0.3 is 19.7 Å². The number of hydrogen-bond donors (Lipinski definition) is 1. The highest BCUT2D eigenvalue weighted by Crippen LogP contribution is 2.14. The Morgan fingerprint density at radius 1 is 1.14 bits per heavy atom. The number of carbonyl (C=O) groups is 1. The van der Waals surface area contributed by atoms with Crippen LogP contribution in [-0.2, 0) is 24.3 Å². The van der Waals surface area contributed by atoms with E-state index in [-0.39, 0.29) is 29.9 Å². The molecule has 0 saturated carbocycles. The smallest absolute Gasteiger partial charge is 0.223 e. The lowest BCUT2D eigenvalue weighted by molar-refractivity contribution is -0.129. The van der Waals surface area contributed by atoms with Crippen LogP contribution >= 0.6 is 24.0 Å². The van der Waals surface area contributed by atoms with Gasteiger partial charge in [0.2, 0.25) is 5.91 Å². The fourth-order valence-corrected chi connectivity index (χ4v) is 3.65. The van der Waals surface area contributed by atoms with E-state index in [1.54, 1.807) is 4.90 Å². The van der Waals surface area contributed by atoms with E-state index in [4.69, 9.17) is 0 Å². The third-order valence-corrected chi connectivity index (χ3v) is 5.37. The maximum atomic E-state index is 11.8. The number of carbonyl (C=O) groups excluding carboxylic acids is 1. The highest BCUT2D eigenvalue weighted by atomic mass is 127. The van der Waals surface area contributed by atoms with Crippen LogP contribution in [-0.4, -0.2) is 95.2 Å². The molecule has 2 aliphatic heterocycles. The first kappa shape index (κ1) is 22.9. The predicted octanol–water partition coefficient (Wildman–Crippen LogP) is 0.404. The Balaban J connectivity index is 0.00000280. The van der Waals surface area contributed by atoms with Crippen molar-refractivity contribution >= 4 is 35.8 Å². The zero-order valence-electron chi connectivity index (χ0n) is 17.2. The number of amides is 1. The SMILES string of the molecule is CN=C(NCc1nnc2n1CCCC2)N1CCN(CCC(=O)N(C)C)CC1.I. The number of hydrogen-bond acceptors (Lipinski definition) is 5. The summed E-state index contributed by atoms with van der Waals surface area (Å²) in [6.45, 7) is 6.20. The molecule has 0 radical (unpaired) electrons. The van der Waals surface area contributed by atoms with E-state index >= 15 is 0 Å². The summed E-state index contributed by atoms with van der Waals surface area (Å²) in [7, 11) is 5.44. The van der Waals surface area contributed by atoms with Gasteiger partial charge in [0.15, 0.2) is 11.8 Å². The lowest BCUT2D eigenvalue weighted by Crippen LogP contribution is -2.52. The number of nitrogens with one attached hydrogen (secondary N) is 1. The zero-order valence-corrected chi connectivity index (χ0v) is 19.6. The molecule has 0 atom stereocenters. The lowest BCUT2D eigenvalue weighted by Gasteiger charge is -2.36. The third-order valence-electron chi connectivity index (χ3n) is 5.37. The van der Waals surface area contributed by atoms with Crippen LogP contribution < -0.4 is 5.32 Å². The van der Waals surface area contributed by atoms with Crippen LogP contribution in [0.5, 0.6) is 0 Å². The number of aryl methyl sites for hydroxylation is 1. The Morgan fingerprint density at radius 2 is 1.89 bits per heavy atom. The molecule has 1 amide bonds. The first-order valence-corrected chi connectivity index (χ1v) is 9.87. The van der Waals surface area contributed by atoms with Gasteiger partial charge in [-0.05, 0) is 12.8 Å². The molecule has 9 nitrogen and oxygen atoms in total. The average molecular weight is 504 g/mol. The lowest BCUT2D eigenvalue weighted by atomic mass is 10.2. The molecule has 2 aliphatic rings. The standard InChI is InChI=1S/C18H32N8O.HI/c1-19-18(20-14-16-22-21-15-6-4-5-8-26(15)16)25-12-10-24(11-13-25)9-7-17(27)23(2)3;/h4-14H2,1-3H3,(H,19,20);1H. The van der Waals surface area contributed by atoms with Crippen molar-refractivity contribution in [2.75, 3.05) is 53.9 Å². The normalized spacial score (nSPS) is 17.7. The maximum absolute atomic E-state index is 11.8.